The summed E-state index contributed by atoms with van der Waals surface area (Å²) in [4.78, 5) is 35.2. The molecule has 1 aliphatic heterocycles. The Hall–Kier alpha value is -3.71. The second kappa shape index (κ2) is 10.1. The molecule has 1 fully saturated rings. The highest BCUT2D eigenvalue weighted by Gasteiger charge is 2.34. The molecule has 0 saturated carbocycles. The third kappa shape index (κ3) is 4.84. The Bertz CT molecular complexity index is 1370. The van der Waals surface area contributed by atoms with Gasteiger partial charge < -0.3 is 9.32 Å². The SMILES string of the molecule is Cc1ccc(-c2csc(N(C(=O)C3CCN(C(=O)c4ccco4)CC3)c3cc(C)ccc3C)n2)cc1. The second-order valence-corrected chi connectivity index (χ2v) is 10.2. The summed E-state index contributed by atoms with van der Waals surface area (Å²) in [7, 11) is 0. The summed E-state index contributed by atoms with van der Waals surface area (Å²) in [6, 6.07) is 17.8. The Morgan fingerprint density at radius 1 is 1.00 bits per heavy atom. The molecule has 2 aromatic carbocycles. The third-order valence-electron chi connectivity index (χ3n) is 6.72. The highest BCUT2D eigenvalue weighted by Crippen LogP contribution is 2.37. The molecular weight excluding hydrogens is 470 g/mol. The van der Waals surface area contributed by atoms with E-state index < -0.39 is 0 Å². The number of piperidine rings is 1. The maximum Gasteiger partial charge on any atom is 0.289 e. The number of hydrogen-bond donors (Lipinski definition) is 0. The maximum atomic E-state index is 14.0. The molecule has 0 N–H and O–H groups in total. The number of amides is 2. The zero-order valence-corrected chi connectivity index (χ0v) is 21.5. The van der Waals surface area contributed by atoms with Crippen molar-refractivity contribution in [2.24, 2.45) is 5.92 Å². The minimum absolute atomic E-state index is 0.0265. The summed E-state index contributed by atoms with van der Waals surface area (Å²) in [5.41, 5.74) is 6.05. The van der Waals surface area contributed by atoms with Gasteiger partial charge in [0.25, 0.3) is 5.91 Å². The summed E-state index contributed by atoms with van der Waals surface area (Å²) in [5.74, 6) is 0.0408. The second-order valence-electron chi connectivity index (χ2n) is 9.39. The number of likely N-dealkylation sites (tertiary alicyclic amines) is 1. The van der Waals surface area contributed by atoms with Crippen molar-refractivity contribution in [2.45, 2.75) is 33.6 Å². The molecule has 6 nitrogen and oxygen atoms in total. The zero-order chi connectivity index (χ0) is 25.2. The van der Waals surface area contributed by atoms with E-state index >= 15 is 0 Å². The van der Waals surface area contributed by atoms with E-state index in [0.29, 0.717) is 36.8 Å². The van der Waals surface area contributed by atoms with E-state index in [2.05, 4.69) is 43.3 Å². The number of hydrogen-bond acceptors (Lipinski definition) is 5. The fraction of sp³-hybridized carbons (Fsp3) is 0.276. The highest BCUT2D eigenvalue weighted by atomic mass is 32.1. The summed E-state index contributed by atoms with van der Waals surface area (Å²) < 4.78 is 5.27. The van der Waals surface area contributed by atoms with Crippen LogP contribution in [0.4, 0.5) is 10.8 Å². The number of aryl methyl sites for hydroxylation is 3. The summed E-state index contributed by atoms with van der Waals surface area (Å²) in [6.45, 7) is 7.15. The van der Waals surface area contributed by atoms with Gasteiger partial charge >= 0.3 is 0 Å². The topological polar surface area (TPSA) is 66.7 Å². The van der Waals surface area contributed by atoms with Gasteiger partial charge in [-0.15, -0.1) is 11.3 Å². The molecule has 0 aliphatic carbocycles. The standard InChI is InChI=1S/C29H29N3O3S/c1-19-7-10-22(11-8-19)24-18-36-29(30-24)32(25-17-20(2)6-9-21(25)3)27(33)23-12-14-31(15-13-23)28(34)26-5-4-16-35-26/h4-11,16-18,23H,12-15H2,1-3H3. The summed E-state index contributed by atoms with van der Waals surface area (Å²) >= 11 is 1.48. The van der Waals surface area contributed by atoms with Crippen molar-refractivity contribution in [3.8, 4) is 11.3 Å². The fourth-order valence-electron chi connectivity index (χ4n) is 4.57. The number of anilines is 2. The Balaban J connectivity index is 1.42. The van der Waals surface area contributed by atoms with Gasteiger partial charge in [0.05, 0.1) is 17.6 Å². The van der Waals surface area contributed by atoms with E-state index in [-0.39, 0.29) is 17.7 Å². The van der Waals surface area contributed by atoms with Crippen molar-refractivity contribution >= 4 is 34.0 Å². The van der Waals surface area contributed by atoms with Crippen LogP contribution in [0, 0.1) is 26.7 Å². The van der Waals surface area contributed by atoms with Crippen LogP contribution >= 0.6 is 11.3 Å². The average molecular weight is 500 g/mol. The first-order valence-electron chi connectivity index (χ1n) is 12.2. The number of furan rings is 1. The lowest BCUT2D eigenvalue weighted by atomic mass is 9.94. The van der Waals surface area contributed by atoms with Crippen LogP contribution in [0.5, 0.6) is 0 Å². The Kier molecular flexibility index (Phi) is 6.74. The molecule has 0 unspecified atom stereocenters. The number of aromatic nitrogens is 1. The number of carbonyl (C=O) groups is 2. The highest BCUT2D eigenvalue weighted by molar-refractivity contribution is 7.14. The predicted octanol–water partition coefficient (Wildman–Crippen LogP) is 6.55. The molecule has 3 heterocycles. The van der Waals surface area contributed by atoms with Gasteiger partial charge in [-0.25, -0.2) is 4.98 Å². The molecule has 2 amide bonds. The van der Waals surface area contributed by atoms with Gasteiger partial charge in [0.2, 0.25) is 5.91 Å². The van der Waals surface area contributed by atoms with E-state index in [1.807, 2.05) is 25.3 Å². The van der Waals surface area contributed by atoms with E-state index in [1.165, 1.54) is 23.2 Å². The molecule has 1 saturated heterocycles. The zero-order valence-electron chi connectivity index (χ0n) is 20.7. The van der Waals surface area contributed by atoms with E-state index in [4.69, 9.17) is 9.40 Å². The first-order chi connectivity index (χ1) is 17.4. The average Bonchev–Trinajstić information content (AvgIpc) is 3.60. The molecule has 0 spiro atoms. The van der Waals surface area contributed by atoms with Gasteiger partial charge in [0.15, 0.2) is 10.9 Å². The van der Waals surface area contributed by atoms with Crippen LogP contribution < -0.4 is 4.90 Å². The van der Waals surface area contributed by atoms with Crippen molar-refractivity contribution in [1.29, 1.82) is 0 Å². The molecule has 4 aromatic rings. The van der Waals surface area contributed by atoms with Gasteiger partial charge in [-0.2, -0.15) is 0 Å². The molecule has 7 heteroatoms. The fourth-order valence-corrected chi connectivity index (χ4v) is 5.42. The van der Waals surface area contributed by atoms with E-state index in [0.717, 1.165) is 28.1 Å². The Morgan fingerprint density at radius 2 is 1.72 bits per heavy atom. The lowest BCUT2D eigenvalue weighted by molar-refractivity contribution is -0.122. The molecule has 184 valence electrons. The van der Waals surface area contributed by atoms with Gasteiger partial charge in [0.1, 0.15) is 0 Å². The van der Waals surface area contributed by atoms with Crippen LogP contribution in [0.15, 0.2) is 70.7 Å². The minimum Gasteiger partial charge on any atom is -0.459 e. The maximum absolute atomic E-state index is 14.0. The van der Waals surface area contributed by atoms with Crippen molar-refractivity contribution in [2.75, 3.05) is 18.0 Å². The first kappa shape index (κ1) is 24.0. The molecule has 2 aromatic heterocycles. The van der Waals surface area contributed by atoms with Crippen LogP contribution in [-0.2, 0) is 4.79 Å². The summed E-state index contributed by atoms with van der Waals surface area (Å²) in [6.07, 6.45) is 2.70. The quantitative estimate of drug-likeness (QED) is 0.312. The van der Waals surface area contributed by atoms with Gasteiger partial charge in [-0.05, 0) is 62.9 Å². The molecule has 1 aliphatic rings. The molecule has 5 rings (SSSR count). The monoisotopic (exact) mass is 499 g/mol. The lowest BCUT2D eigenvalue weighted by Gasteiger charge is -2.33. The molecule has 0 radical (unpaired) electrons. The summed E-state index contributed by atoms with van der Waals surface area (Å²) in [5, 5.41) is 2.68. The molecule has 0 bridgehead atoms. The first-order valence-corrected chi connectivity index (χ1v) is 13.1. The molecular formula is C29H29N3O3S. The molecule has 0 atom stereocenters. The van der Waals surface area contributed by atoms with E-state index in [1.54, 1.807) is 21.9 Å². The van der Waals surface area contributed by atoms with Gasteiger partial charge in [0, 0.05) is 30.0 Å². The number of nitrogens with zero attached hydrogens (tertiary/aromatic N) is 3. The van der Waals surface area contributed by atoms with Crippen LogP contribution in [0.3, 0.4) is 0 Å². The Labute approximate surface area is 215 Å². The number of benzene rings is 2. The smallest absolute Gasteiger partial charge is 0.289 e. The normalized spacial score (nSPS) is 14.1. The lowest BCUT2D eigenvalue weighted by Crippen LogP contribution is -2.43. The van der Waals surface area contributed by atoms with Crippen LogP contribution in [0.1, 0.15) is 40.1 Å². The van der Waals surface area contributed by atoms with Crippen molar-refractivity contribution in [1.82, 2.24) is 9.88 Å². The predicted molar refractivity (Wildman–Crippen MR) is 143 cm³/mol. The van der Waals surface area contributed by atoms with Crippen LogP contribution in [-0.4, -0.2) is 34.8 Å². The Morgan fingerprint density at radius 3 is 2.42 bits per heavy atom. The van der Waals surface area contributed by atoms with Crippen molar-refractivity contribution in [3.05, 3.63) is 88.7 Å². The number of carbonyl (C=O) groups excluding carboxylic acids is 2. The molecule has 36 heavy (non-hydrogen) atoms. The number of rotatable bonds is 5. The largest absolute Gasteiger partial charge is 0.459 e. The van der Waals surface area contributed by atoms with Gasteiger partial charge in [-0.3, -0.25) is 14.5 Å². The van der Waals surface area contributed by atoms with Crippen LogP contribution in [0.2, 0.25) is 0 Å². The third-order valence-corrected chi connectivity index (χ3v) is 7.55. The van der Waals surface area contributed by atoms with Gasteiger partial charge in [-0.1, -0.05) is 42.0 Å². The minimum atomic E-state index is -0.197. The van der Waals surface area contributed by atoms with Crippen molar-refractivity contribution < 1.29 is 14.0 Å². The van der Waals surface area contributed by atoms with Crippen molar-refractivity contribution in [3.63, 3.8) is 0 Å². The van der Waals surface area contributed by atoms with E-state index in [9.17, 15) is 9.59 Å². The van der Waals surface area contributed by atoms with Crippen LogP contribution in [0.25, 0.3) is 11.3 Å². The number of thiazole rings is 1.